The van der Waals surface area contributed by atoms with Gasteiger partial charge in [0.25, 0.3) is 0 Å². The second-order valence-electron chi connectivity index (χ2n) is 7.13. The van der Waals surface area contributed by atoms with Crippen LogP contribution in [0.4, 0.5) is 0 Å². The van der Waals surface area contributed by atoms with Gasteiger partial charge in [-0.1, -0.05) is 36.4 Å². The molecule has 2 bridgehead atoms. The van der Waals surface area contributed by atoms with Gasteiger partial charge in [-0.05, 0) is 66.2 Å². The number of fused-ring (bicyclic) bond motifs is 4. The zero-order valence-electron chi connectivity index (χ0n) is 14.7. The molecule has 2 aliphatic carbocycles. The minimum absolute atomic E-state index is 0.151. The Hall–Kier alpha value is -2.36. The minimum Gasteiger partial charge on any atom is -0.457 e. The average molecular weight is 346 g/mol. The molecule has 0 saturated heterocycles. The molecule has 132 valence electrons. The zero-order valence-corrected chi connectivity index (χ0v) is 14.7. The molecule has 3 nitrogen and oxygen atoms in total. The van der Waals surface area contributed by atoms with E-state index in [1.54, 1.807) is 0 Å². The summed E-state index contributed by atoms with van der Waals surface area (Å²) in [5.41, 5.74) is 5.56. The fourth-order valence-corrected chi connectivity index (χ4v) is 4.14. The van der Waals surface area contributed by atoms with Crippen molar-refractivity contribution in [3.63, 3.8) is 0 Å². The molecule has 2 atom stereocenters. The summed E-state index contributed by atoms with van der Waals surface area (Å²) >= 11 is 0. The summed E-state index contributed by atoms with van der Waals surface area (Å²) in [7, 11) is 0. The molecule has 0 saturated carbocycles. The van der Waals surface area contributed by atoms with Gasteiger partial charge in [0.1, 0.15) is 11.5 Å². The van der Waals surface area contributed by atoms with Gasteiger partial charge in [-0.3, -0.25) is 0 Å². The Kier molecular flexibility index (Phi) is 4.12. The standard InChI is InChI=1S/C23H22O3/c1-2-4-19(5-3-1)26-20-10-6-16(7-11-20)12-13-24-23-22-18-9-8-17(14-18)21(22)15-25-23/h1-7,9-11,17,23H,8,12-15H2. The molecule has 2 unspecified atom stereocenters. The van der Waals surface area contributed by atoms with Gasteiger partial charge in [-0.15, -0.1) is 0 Å². The Morgan fingerprint density at radius 2 is 1.77 bits per heavy atom. The van der Waals surface area contributed by atoms with Crippen molar-refractivity contribution in [1.82, 2.24) is 0 Å². The van der Waals surface area contributed by atoms with E-state index in [-0.39, 0.29) is 6.29 Å². The second kappa shape index (κ2) is 6.75. The summed E-state index contributed by atoms with van der Waals surface area (Å²) in [4.78, 5) is 0. The molecule has 1 aliphatic heterocycles. The molecular formula is C23H22O3. The van der Waals surface area contributed by atoms with E-state index in [9.17, 15) is 0 Å². The maximum atomic E-state index is 6.05. The van der Waals surface area contributed by atoms with Crippen LogP contribution in [-0.2, 0) is 15.9 Å². The molecule has 2 aromatic rings. The Bertz CT molecular complexity index is 849. The third kappa shape index (κ3) is 2.98. The highest BCUT2D eigenvalue weighted by atomic mass is 16.7. The van der Waals surface area contributed by atoms with E-state index in [1.807, 2.05) is 42.5 Å². The number of hydrogen-bond donors (Lipinski definition) is 0. The predicted molar refractivity (Wildman–Crippen MR) is 100 cm³/mol. The van der Waals surface area contributed by atoms with Crippen molar-refractivity contribution in [2.45, 2.75) is 25.6 Å². The lowest BCUT2D eigenvalue weighted by Crippen LogP contribution is -2.17. The van der Waals surface area contributed by atoms with E-state index in [1.165, 1.54) is 35.1 Å². The SMILES string of the molecule is C1=C2CC(C1)C1=C2C(OCCc2ccc(Oc3ccccc3)cc2)OC1. The highest BCUT2D eigenvalue weighted by molar-refractivity contribution is 5.50. The summed E-state index contributed by atoms with van der Waals surface area (Å²) < 4.78 is 17.7. The van der Waals surface area contributed by atoms with Gasteiger partial charge in [0.15, 0.2) is 6.29 Å². The molecular weight excluding hydrogens is 324 g/mol. The van der Waals surface area contributed by atoms with Crippen molar-refractivity contribution in [3.8, 4) is 11.5 Å². The van der Waals surface area contributed by atoms with Gasteiger partial charge in [-0.2, -0.15) is 0 Å². The van der Waals surface area contributed by atoms with Crippen LogP contribution < -0.4 is 4.74 Å². The minimum atomic E-state index is -0.151. The average Bonchev–Trinajstić information content (AvgIpc) is 3.38. The molecule has 0 amide bonds. The molecule has 0 N–H and O–H groups in total. The molecule has 0 spiro atoms. The van der Waals surface area contributed by atoms with Crippen LogP contribution in [-0.4, -0.2) is 19.5 Å². The van der Waals surface area contributed by atoms with Crippen LogP contribution in [0.2, 0.25) is 0 Å². The summed E-state index contributed by atoms with van der Waals surface area (Å²) in [6.07, 6.45) is 5.48. The first-order chi connectivity index (χ1) is 12.9. The molecule has 26 heavy (non-hydrogen) atoms. The van der Waals surface area contributed by atoms with E-state index >= 15 is 0 Å². The second-order valence-corrected chi connectivity index (χ2v) is 7.13. The number of ether oxygens (including phenoxy) is 3. The van der Waals surface area contributed by atoms with Crippen molar-refractivity contribution >= 4 is 0 Å². The Morgan fingerprint density at radius 1 is 0.962 bits per heavy atom. The normalized spacial score (nSPS) is 23.3. The van der Waals surface area contributed by atoms with E-state index < -0.39 is 0 Å². The monoisotopic (exact) mass is 346 g/mol. The molecule has 5 rings (SSSR count). The van der Waals surface area contributed by atoms with Crippen molar-refractivity contribution in [1.29, 1.82) is 0 Å². The highest BCUT2D eigenvalue weighted by Gasteiger charge is 2.41. The zero-order chi connectivity index (χ0) is 17.3. The van der Waals surface area contributed by atoms with Crippen LogP contribution in [0, 0.1) is 5.92 Å². The quantitative estimate of drug-likeness (QED) is 0.733. The summed E-state index contributed by atoms with van der Waals surface area (Å²) in [6, 6.07) is 18.1. The Labute approximate surface area is 153 Å². The van der Waals surface area contributed by atoms with Gasteiger partial charge < -0.3 is 14.2 Å². The lowest BCUT2D eigenvalue weighted by Gasteiger charge is -2.16. The Morgan fingerprint density at radius 3 is 2.62 bits per heavy atom. The first-order valence-electron chi connectivity index (χ1n) is 9.34. The third-order valence-electron chi connectivity index (χ3n) is 5.49. The predicted octanol–water partition coefficient (Wildman–Crippen LogP) is 5.04. The fraction of sp³-hybridized carbons (Fsp3) is 0.304. The van der Waals surface area contributed by atoms with Gasteiger partial charge >= 0.3 is 0 Å². The summed E-state index contributed by atoms with van der Waals surface area (Å²) in [6.45, 7) is 1.42. The van der Waals surface area contributed by atoms with Crippen molar-refractivity contribution in [2.24, 2.45) is 5.92 Å². The van der Waals surface area contributed by atoms with Gasteiger partial charge in [0, 0.05) is 5.57 Å². The number of para-hydroxylation sites is 1. The van der Waals surface area contributed by atoms with E-state index in [2.05, 4.69) is 18.2 Å². The van der Waals surface area contributed by atoms with Gasteiger partial charge in [0.2, 0.25) is 0 Å². The smallest absolute Gasteiger partial charge is 0.184 e. The molecule has 0 radical (unpaired) electrons. The number of rotatable bonds is 6. The van der Waals surface area contributed by atoms with Crippen LogP contribution in [0.3, 0.4) is 0 Å². The highest BCUT2D eigenvalue weighted by Crippen LogP contribution is 2.49. The largest absolute Gasteiger partial charge is 0.457 e. The number of benzene rings is 2. The van der Waals surface area contributed by atoms with Crippen molar-refractivity contribution in [2.75, 3.05) is 13.2 Å². The maximum Gasteiger partial charge on any atom is 0.184 e. The number of hydrogen-bond acceptors (Lipinski definition) is 3. The van der Waals surface area contributed by atoms with Crippen LogP contribution in [0.5, 0.6) is 11.5 Å². The van der Waals surface area contributed by atoms with Crippen LogP contribution in [0.15, 0.2) is 77.4 Å². The summed E-state index contributed by atoms with van der Waals surface area (Å²) in [5.74, 6) is 2.40. The lowest BCUT2D eigenvalue weighted by atomic mass is 9.98. The van der Waals surface area contributed by atoms with Crippen LogP contribution in [0.1, 0.15) is 18.4 Å². The van der Waals surface area contributed by atoms with E-state index in [0.29, 0.717) is 12.5 Å². The Balaban J connectivity index is 1.14. The summed E-state index contributed by atoms with van der Waals surface area (Å²) in [5, 5.41) is 0. The first kappa shape index (κ1) is 15.9. The molecule has 2 aromatic carbocycles. The van der Waals surface area contributed by atoms with Crippen molar-refractivity contribution < 1.29 is 14.2 Å². The topological polar surface area (TPSA) is 27.7 Å². The van der Waals surface area contributed by atoms with E-state index in [4.69, 9.17) is 14.2 Å². The van der Waals surface area contributed by atoms with Crippen molar-refractivity contribution in [3.05, 3.63) is 83.0 Å². The van der Waals surface area contributed by atoms with Gasteiger partial charge in [0.05, 0.1) is 13.2 Å². The van der Waals surface area contributed by atoms with E-state index in [0.717, 1.165) is 24.5 Å². The van der Waals surface area contributed by atoms with Crippen LogP contribution in [0.25, 0.3) is 0 Å². The van der Waals surface area contributed by atoms with Crippen LogP contribution >= 0.6 is 0 Å². The van der Waals surface area contributed by atoms with Gasteiger partial charge in [-0.25, -0.2) is 0 Å². The molecule has 3 aliphatic rings. The number of allylic oxidation sites excluding steroid dienone is 1. The molecule has 0 fully saturated rings. The fourth-order valence-electron chi connectivity index (χ4n) is 4.14. The lowest BCUT2D eigenvalue weighted by molar-refractivity contribution is -0.0970. The molecule has 3 heteroatoms. The first-order valence-corrected chi connectivity index (χ1v) is 9.34. The molecule has 0 aromatic heterocycles. The maximum absolute atomic E-state index is 6.05. The molecule has 1 heterocycles. The third-order valence-corrected chi connectivity index (χ3v) is 5.49.